The van der Waals surface area contributed by atoms with Crippen LogP contribution in [0.5, 0.6) is 5.75 Å². The predicted molar refractivity (Wildman–Crippen MR) is 119 cm³/mol. The molecule has 158 valence electrons. The third-order valence-corrected chi connectivity index (χ3v) is 5.59. The summed E-state index contributed by atoms with van der Waals surface area (Å²) in [7, 11) is 0. The number of amides is 1. The van der Waals surface area contributed by atoms with Crippen molar-refractivity contribution >= 4 is 17.7 Å². The van der Waals surface area contributed by atoms with Crippen LogP contribution in [0.15, 0.2) is 47.6 Å². The lowest BCUT2D eigenvalue weighted by molar-refractivity contribution is -0.120. The van der Waals surface area contributed by atoms with Gasteiger partial charge in [-0.05, 0) is 56.5 Å². The summed E-state index contributed by atoms with van der Waals surface area (Å²) in [6.07, 6.45) is 0. The van der Waals surface area contributed by atoms with Crippen molar-refractivity contribution in [1.82, 2.24) is 20.2 Å². The highest BCUT2D eigenvalue weighted by Crippen LogP contribution is 2.22. The Morgan fingerprint density at radius 2 is 1.77 bits per heavy atom. The van der Waals surface area contributed by atoms with Crippen LogP contribution in [0.25, 0.3) is 0 Å². The van der Waals surface area contributed by atoms with Gasteiger partial charge in [0.05, 0.1) is 5.25 Å². The fourth-order valence-electron chi connectivity index (χ4n) is 2.90. The van der Waals surface area contributed by atoms with Crippen LogP contribution in [-0.2, 0) is 17.9 Å². The van der Waals surface area contributed by atoms with Gasteiger partial charge in [-0.2, -0.15) is 0 Å². The highest BCUT2D eigenvalue weighted by atomic mass is 32.2. The Hall–Kier alpha value is -3.00. The van der Waals surface area contributed by atoms with E-state index in [2.05, 4.69) is 21.6 Å². The molecule has 1 aromatic heterocycles. The second-order valence-electron chi connectivity index (χ2n) is 7.34. The smallest absolute Gasteiger partial charge is 0.233 e. The van der Waals surface area contributed by atoms with E-state index >= 15 is 0 Å². The van der Waals surface area contributed by atoms with Gasteiger partial charge in [-0.25, -0.2) is 4.68 Å². The van der Waals surface area contributed by atoms with Crippen LogP contribution in [0.4, 0.5) is 0 Å². The maximum absolute atomic E-state index is 12.4. The summed E-state index contributed by atoms with van der Waals surface area (Å²) in [5.74, 6) is 7.28. The first-order valence-electron chi connectivity index (χ1n) is 9.72. The van der Waals surface area contributed by atoms with Gasteiger partial charge in [0.2, 0.25) is 11.1 Å². The number of hydrogen-bond donors (Lipinski definition) is 2. The SMILES string of the molecule is Cc1ccc(CNC(=O)[C@@H](C)Sc2nnc(COc3cc(C)cc(C)c3)n2N)cc1. The molecule has 0 aliphatic carbocycles. The number of carbonyl (C=O) groups excluding carboxylic acids is 1. The zero-order valence-electron chi connectivity index (χ0n) is 17.7. The number of rotatable bonds is 8. The summed E-state index contributed by atoms with van der Waals surface area (Å²) in [5, 5.41) is 11.2. The maximum atomic E-state index is 12.4. The van der Waals surface area contributed by atoms with Crippen molar-refractivity contribution in [2.24, 2.45) is 0 Å². The first kappa shape index (κ1) is 21.7. The summed E-state index contributed by atoms with van der Waals surface area (Å²) in [5.41, 5.74) is 4.49. The fraction of sp³-hybridized carbons (Fsp3) is 0.318. The Labute approximate surface area is 181 Å². The first-order valence-corrected chi connectivity index (χ1v) is 10.6. The van der Waals surface area contributed by atoms with Crippen LogP contribution >= 0.6 is 11.8 Å². The predicted octanol–water partition coefficient (Wildman–Crippen LogP) is 3.29. The van der Waals surface area contributed by atoms with E-state index in [0.717, 1.165) is 22.4 Å². The molecule has 0 bridgehead atoms. The Morgan fingerprint density at radius 3 is 2.43 bits per heavy atom. The molecule has 0 aliphatic rings. The molecule has 8 heteroatoms. The Kier molecular flexibility index (Phi) is 6.99. The highest BCUT2D eigenvalue weighted by Gasteiger charge is 2.19. The normalized spacial score (nSPS) is 11.9. The number of aryl methyl sites for hydroxylation is 3. The molecular weight excluding hydrogens is 398 g/mol. The second-order valence-corrected chi connectivity index (χ2v) is 8.65. The number of hydrogen-bond acceptors (Lipinski definition) is 6. The minimum absolute atomic E-state index is 0.0865. The molecule has 1 amide bonds. The lowest BCUT2D eigenvalue weighted by Crippen LogP contribution is -2.31. The van der Waals surface area contributed by atoms with Crippen molar-refractivity contribution in [3.63, 3.8) is 0 Å². The van der Waals surface area contributed by atoms with Gasteiger partial charge in [-0.3, -0.25) is 4.79 Å². The van der Waals surface area contributed by atoms with Crippen LogP contribution < -0.4 is 15.9 Å². The summed E-state index contributed by atoms with van der Waals surface area (Å²) in [6.45, 7) is 8.56. The molecule has 2 aromatic carbocycles. The zero-order chi connectivity index (χ0) is 21.7. The highest BCUT2D eigenvalue weighted by molar-refractivity contribution is 8.00. The molecule has 30 heavy (non-hydrogen) atoms. The van der Waals surface area contributed by atoms with E-state index in [4.69, 9.17) is 10.6 Å². The van der Waals surface area contributed by atoms with E-state index in [0.29, 0.717) is 17.5 Å². The Balaban J connectivity index is 1.54. The number of nitrogens with one attached hydrogen (secondary N) is 1. The van der Waals surface area contributed by atoms with Crippen molar-refractivity contribution in [3.8, 4) is 5.75 Å². The van der Waals surface area contributed by atoms with Gasteiger partial charge in [0.1, 0.15) is 12.4 Å². The molecule has 1 heterocycles. The van der Waals surface area contributed by atoms with Gasteiger partial charge in [0, 0.05) is 6.54 Å². The fourth-order valence-corrected chi connectivity index (χ4v) is 3.71. The first-order chi connectivity index (χ1) is 14.3. The van der Waals surface area contributed by atoms with Gasteiger partial charge in [0.25, 0.3) is 0 Å². The monoisotopic (exact) mass is 425 g/mol. The van der Waals surface area contributed by atoms with Crippen LogP contribution in [0.2, 0.25) is 0 Å². The number of nitrogens with zero attached hydrogens (tertiary/aromatic N) is 3. The molecular formula is C22H27N5O2S. The van der Waals surface area contributed by atoms with Gasteiger partial charge < -0.3 is 15.9 Å². The molecule has 1 atom stereocenters. The summed E-state index contributed by atoms with van der Waals surface area (Å²) >= 11 is 1.26. The van der Waals surface area contributed by atoms with Gasteiger partial charge >= 0.3 is 0 Å². The van der Waals surface area contributed by atoms with Crippen LogP contribution in [-0.4, -0.2) is 26.0 Å². The molecule has 0 radical (unpaired) electrons. The second kappa shape index (κ2) is 9.67. The van der Waals surface area contributed by atoms with E-state index in [9.17, 15) is 4.79 Å². The number of nitrogen functional groups attached to an aromatic ring is 1. The average Bonchev–Trinajstić information content (AvgIpc) is 3.04. The summed E-state index contributed by atoms with van der Waals surface area (Å²) in [4.78, 5) is 12.4. The molecule has 3 rings (SSSR count). The summed E-state index contributed by atoms with van der Waals surface area (Å²) < 4.78 is 7.18. The van der Waals surface area contributed by atoms with E-state index in [1.165, 1.54) is 22.0 Å². The van der Waals surface area contributed by atoms with Crippen LogP contribution in [0.1, 0.15) is 35.0 Å². The minimum Gasteiger partial charge on any atom is -0.486 e. The number of benzene rings is 2. The van der Waals surface area contributed by atoms with Gasteiger partial charge in [-0.1, -0.05) is 47.7 Å². The number of thioether (sulfide) groups is 1. The summed E-state index contributed by atoms with van der Waals surface area (Å²) in [6, 6.07) is 14.1. The third-order valence-electron chi connectivity index (χ3n) is 4.54. The standard InChI is InChI=1S/C22H27N5O2S/c1-14-5-7-18(8-6-14)12-24-21(28)17(4)30-22-26-25-20(27(22)23)13-29-19-10-15(2)9-16(3)11-19/h5-11,17H,12-13,23H2,1-4H3,(H,24,28)/t17-/m1/s1. The molecule has 0 fully saturated rings. The van der Waals surface area contributed by atoms with Crippen molar-refractivity contribution in [1.29, 1.82) is 0 Å². The quantitative estimate of drug-likeness (QED) is 0.425. The number of nitrogens with two attached hydrogens (primary N) is 1. The van der Waals surface area contributed by atoms with Crippen molar-refractivity contribution in [2.75, 3.05) is 5.84 Å². The number of ether oxygens (including phenoxy) is 1. The molecule has 0 unspecified atom stereocenters. The van der Waals surface area contributed by atoms with E-state index in [1.54, 1.807) is 0 Å². The van der Waals surface area contributed by atoms with Crippen molar-refractivity contribution in [3.05, 3.63) is 70.5 Å². The molecule has 0 saturated carbocycles. The lowest BCUT2D eigenvalue weighted by atomic mass is 10.1. The topological polar surface area (TPSA) is 95.1 Å². The molecule has 3 N–H and O–H groups in total. The maximum Gasteiger partial charge on any atom is 0.233 e. The average molecular weight is 426 g/mol. The van der Waals surface area contributed by atoms with Crippen LogP contribution in [0.3, 0.4) is 0 Å². The van der Waals surface area contributed by atoms with Gasteiger partial charge in [0.15, 0.2) is 5.82 Å². The Morgan fingerprint density at radius 1 is 1.10 bits per heavy atom. The van der Waals surface area contributed by atoms with Gasteiger partial charge in [-0.15, -0.1) is 10.2 Å². The van der Waals surface area contributed by atoms with Crippen molar-refractivity contribution < 1.29 is 9.53 Å². The molecule has 0 aliphatic heterocycles. The molecule has 0 spiro atoms. The molecule has 7 nitrogen and oxygen atoms in total. The molecule has 3 aromatic rings. The number of aromatic nitrogens is 3. The minimum atomic E-state index is -0.366. The largest absolute Gasteiger partial charge is 0.486 e. The van der Waals surface area contributed by atoms with Crippen LogP contribution in [0, 0.1) is 20.8 Å². The third kappa shape index (κ3) is 5.76. The van der Waals surface area contributed by atoms with E-state index < -0.39 is 0 Å². The van der Waals surface area contributed by atoms with Crippen molar-refractivity contribution in [2.45, 2.75) is 51.3 Å². The zero-order valence-corrected chi connectivity index (χ0v) is 18.5. The number of carbonyl (C=O) groups is 1. The lowest BCUT2D eigenvalue weighted by Gasteiger charge is -2.12. The Bertz CT molecular complexity index is 997. The molecule has 0 saturated heterocycles. The van der Waals surface area contributed by atoms with E-state index in [-0.39, 0.29) is 17.8 Å². The van der Waals surface area contributed by atoms with E-state index in [1.807, 2.05) is 64.1 Å².